The molecule has 0 bridgehead atoms. The fourth-order valence-corrected chi connectivity index (χ4v) is 3.59. The quantitative estimate of drug-likeness (QED) is 0.535. The second-order valence-corrected chi connectivity index (χ2v) is 6.54. The summed E-state index contributed by atoms with van der Waals surface area (Å²) in [5.74, 6) is 0.879. The fourth-order valence-electron chi connectivity index (χ4n) is 3.59. The number of hydrogen-bond donors (Lipinski definition) is 1. The first-order valence-electron chi connectivity index (χ1n) is 8.86. The molecule has 3 aromatic carbocycles. The second-order valence-electron chi connectivity index (χ2n) is 6.54. The van der Waals surface area contributed by atoms with Crippen LogP contribution in [-0.2, 0) is 0 Å². The van der Waals surface area contributed by atoms with E-state index < -0.39 is 0 Å². The number of hydrogen-bond acceptors (Lipinski definition) is 4. The molecule has 0 saturated carbocycles. The number of benzene rings is 3. The minimum atomic E-state index is -0.371. The van der Waals surface area contributed by atoms with Crippen LogP contribution in [0.25, 0.3) is 10.8 Å². The van der Waals surface area contributed by atoms with Crippen molar-refractivity contribution in [3.05, 3.63) is 81.9 Å². The molecule has 4 rings (SSSR count). The van der Waals surface area contributed by atoms with E-state index in [2.05, 4.69) is 30.4 Å². The first-order chi connectivity index (χ1) is 12.7. The highest BCUT2D eigenvalue weighted by Crippen LogP contribution is 2.40. The Bertz CT molecular complexity index is 953. The Hall–Kier alpha value is -2.92. The van der Waals surface area contributed by atoms with Crippen LogP contribution in [0.15, 0.2) is 60.7 Å². The minimum Gasteiger partial charge on any atom is -0.475 e. The molecule has 0 saturated heterocycles. The highest BCUT2D eigenvalue weighted by molar-refractivity contribution is 5.89. The highest BCUT2D eigenvalue weighted by atomic mass is 16.6. The number of rotatable bonds is 4. The Morgan fingerprint density at radius 1 is 1.08 bits per heavy atom. The summed E-state index contributed by atoms with van der Waals surface area (Å²) >= 11 is 0. The van der Waals surface area contributed by atoms with Crippen molar-refractivity contribution in [2.75, 3.05) is 0 Å². The molecular formula is C21H20N2O3. The third-order valence-electron chi connectivity index (χ3n) is 4.83. The summed E-state index contributed by atoms with van der Waals surface area (Å²) in [4.78, 5) is 10.6. The molecule has 1 aliphatic heterocycles. The molecule has 0 aromatic heterocycles. The van der Waals surface area contributed by atoms with Crippen molar-refractivity contribution in [2.24, 2.45) is 0 Å². The number of fused-ring (bicyclic) bond motifs is 3. The molecule has 1 aliphatic rings. The third kappa shape index (κ3) is 2.91. The molecule has 1 heterocycles. The van der Waals surface area contributed by atoms with E-state index in [0.29, 0.717) is 0 Å². The number of nitro groups is 1. The molecule has 0 amide bonds. The SMILES string of the molecule is CCC[C@@H]1N[C@@H](c2ccc([N+](=O)[O-])cc2)c2c(ccc3ccccc23)O1. The number of non-ortho nitro benzene ring substituents is 1. The van der Waals surface area contributed by atoms with Crippen LogP contribution in [0.2, 0.25) is 0 Å². The molecule has 3 aromatic rings. The van der Waals surface area contributed by atoms with Crippen molar-refractivity contribution in [3.8, 4) is 5.75 Å². The second kappa shape index (κ2) is 6.77. The van der Waals surface area contributed by atoms with Gasteiger partial charge in [0.05, 0.1) is 11.0 Å². The van der Waals surface area contributed by atoms with Crippen LogP contribution < -0.4 is 10.1 Å². The standard InChI is InChI=1S/C21H20N2O3/c1-2-5-19-22-21(15-8-11-16(12-9-15)23(24)25)20-17-7-4-3-6-14(17)10-13-18(20)26-19/h3-4,6-13,19,21-22H,2,5H2,1H3/t19-,21+/m1/s1. The molecule has 0 radical (unpaired) electrons. The maximum Gasteiger partial charge on any atom is 0.269 e. The Morgan fingerprint density at radius 3 is 2.58 bits per heavy atom. The minimum absolute atomic E-state index is 0.0674. The van der Waals surface area contributed by atoms with Crippen molar-refractivity contribution in [1.82, 2.24) is 5.32 Å². The van der Waals surface area contributed by atoms with Gasteiger partial charge < -0.3 is 4.74 Å². The van der Waals surface area contributed by atoms with Crippen LogP contribution in [0.4, 0.5) is 5.69 Å². The predicted octanol–water partition coefficient (Wildman–Crippen LogP) is 4.95. The normalized spacial score (nSPS) is 19.0. The van der Waals surface area contributed by atoms with Crippen LogP contribution in [-0.4, -0.2) is 11.2 Å². The molecule has 26 heavy (non-hydrogen) atoms. The predicted molar refractivity (Wildman–Crippen MR) is 101 cm³/mol. The van der Waals surface area contributed by atoms with Gasteiger partial charge in [0.1, 0.15) is 5.75 Å². The van der Waals surface area contributed by atoms with Gasteiger partial charge in [0.25, 0.3) is 5.69 Å². The summed E-state index contributed by atoms with van der Waals surface area (Å²) in [6.07, 6.45) is 1.83. The first-order valence-corrected chi connectivity index (χ1v) is 8.86. The average molecular weight is 348 g/mol. The lowest BCUT2D eigenvalue weighted by molar-refractivity contribution is -0.384. The Balaban J connectivity index is 1.85. The van der Waals surface area contributed by atoms with Crippen LogP contribution in [0.1, 0.15) is 36.9 Å². The lowest BCUT2D eigenvalue weighted by Crippen LogP contribution is -2.42. The Labute approximate surface area is 151 Å². The van der Waals surface area contributed by atoms with Crippen molar-refractivity contribution >= 4 is 16.5 Å². The van der Waals surface area contributed by atoms with E-state index in [4.69, 9.17) is 4.74 Å². The largest absolute Gasteiger partial charge is 0.475 e. The average Bonchev–Trinajstić information content (AvgIpc) is 2.67. The molecule has 1 N–H and O–H groups in total. The van der Waals surface area contributed by atoms with E-state index in [1.54, 1.807) is 12.1 Å². The van der Waals surface area contributed by atoms with E-state index in [9.17, 15) is 10.1 Å². The number of nitro benzene ring substituents is 1. The van der Waals surface area contributed by atoms with Crippen LogP contribution in [0, 0.1) is 10.1 Å². The van der Waals surface area contributed by atoms with Gasteiger partial charge >= 0.3 is 0 Å². The van der Waals surface area contributed by atoms with Gasteiger partial charge in [-0.1, -0.05) is 55.8 Å². The van der Waals surface area contributed by atoms with Gasteiger partial charge in [-0.25, -0.2) is 0 Å². The third-order valence-corrected chi connectivity index (χ3v) is 4.83. The van der Waals surface area contributed by atoms with E-state index in [1.807, 2.05) is 30.3 Å². The van der Waals surface area contributed by atoms with Gasteiger partial charge in [0.2, 0.25) is 0 Å². The number of ether oxygens (including phenoxy) is 1. The molecule has 5 nitrogen and oxygen atoms in total. The molecule has 0 spiro atoms. The Kier molecular flexibility index (Phi) is 4.31. The molecule has 2 atom stereocenters. The summed E-state index contributed by atoms with van der Waals surface area (Å²) in [6, 6.07) is 19.0. The summed E-state index contributed by atoms with van der Waals surface area (Å²) in [5.41, 5.74) is 2.19. The van der Waals surface area contributed by atoms with Crippen molar-refractivity contribution < 1.29 is 9.66 Å². The zero-order valence-electron chi connectivity index (χ0n) is 14.5. The molecule has 0 fully saturated rings. The zero-order chi connectivity index (χ0) is 18.1. The van der Waals surface area contributed by atoms with Crippen molar-refractivity contribution in [1.29, 1.82) is 0 Å². The molecule has 0 unspecified atom stereocenters. The van der Waals surface area contributed by atoms with Crippen molar-refractivity contribution in [3.63, 3.8) is 0 Å². The Morgan fingerprint density at radius 2 is 1.85 bits per heavy atom. The van der Waals surface area contributed by atoms with Gasteiger partial charge in [0, 0.05) is 17.7 Å². The first kappa shape index (κ1) is 16.5. The van der Waals surface area contributed by atoms with Gasteiger partial charge in [0.15, 0.2) is 6.23 Å². The highest BCUT2D eigenvalue weighted by Gasteiger charge is 2.30. The van der Waals surface area contributed by atoms with E-state index in [0.717, 1.165) is 40.5 Å². The number of nitrogens with one attached hydrogen (secondary N) is 1. The smallest absolute Gasteiger partial charge is 0.269 e. The van der Waals surface area contributed by atoms with E-state index in [1.165, 1.54) is 0 Å². The zero-order valence-corrected chi connectivity index (χ0v) is 14.5. The monoisotopic (exact) mass is 348 g/mol. The molecule has 5 heteroatoms. The summed E-state index contributed by atoms with van der Waals surface area (Å²) < 4.78 is 6.17. The molecule has 132 valence electrons. The maximum atomic E-state index is 11.0. The lowest BCUT2D eigenvalue weighted by Gasteiger charge is -2.35. The maximum absolute atomic E-state index is 11.0. The van der Waals surface area contributed by atoms with E-state index in [-0.39, 0.29) is 22.9 Å². The summed E-state index contributed by atoms with van der Waals surface area (Å²) in [7, 11) is 0. The fraction of sp³-hybridized carbons (Fsp3) is 0.238. The molecule has 0 aliphatic carbocycles. The topological polar surface area (TPSA) is 64.4 Å². The van der Waals surface area contributed by atoms with Gasteiger partial charge in [-0.15, -0.1) is 0 Å². The number of nitrogens with zero attached hydrogens (tertiary/aromatic N) is 1. The van der Waals surface area contributed by atoms with Crippen LogP contribution >= 0.6 is 0 Å². The summed E-state index contributed by atoms with van der Waals surface area (Å²) in [5, 5.41) is 16.8. The van der Waals surface area contributed by atoms with Crippen LogP contribution in [0.3, 0.4) is 0 Å². The van der Waals surface area contributed by atoms with Gasteiger partial charge in [-0.2, -0.15) is 0 Å². The summed E-state index contributed by atoms with van der Waals surface area (Å²) in [6.45, 7) is 2.13. The van der Waals surface area contributed by atoms with Gasteiger partial charge in [-0.3, -0.25) is 15.4 Å². The van der Waals surface area contributed by atoms with E-state index >= 15 is 0 Å². The van der Waals surface area contributed by atoms with Crippen molar-refractivity contribution in [2.45, 2.75) is 32.0 Å². The lowest BCUT2D eigenvalue weighted by atomic mass is 9.91. The van der Waals surface area contributed by atoms with Crippen LogP contribution in [0.5, 0.6) is 5.75 Å². The molecular weight excluding hydrogens is 328 g/mol. The van der Waals surface area contributed by atoms with Gasteiger partial charge in [-0.05, 0) is 28.8 Å².